The Balaban J connectivity index is 1.68. The first-order valence-electron chi connectivity index (χ1n) is 8.18. The maximum Gasteiger partial charge on any atom is 0.241 e. The normalized spacial score (nSPS) is 31.8. The molecular formula is C16H28N2O. The Morgan fingerprint density at radius 3 is 2.21 bits per heavy atom. The van der Waals surface area contributed by atoms with Gasteiger partial charge in [0.25, 0.3) is 0 Å². The van der Waals surface area contributed by atoms with E-state index in [1.807, 2.05) is 0 Å². The van der Waals surface area contributed by atoms with Crippen molar-refractivity contribution in [2.75, 3.05) is 6.54 Å². The van der Waals surface area contributed by atoms with E-state index in [9.17, 15) is 4.79 Å². The lowest BCUT2D eigenvalue weighted by atomic mass is 9.96. The van der Waals surface area contributed by atoms with Crippen LogP contribution in [0.2, 0.25) is 0 Å². The number of rotatable bonds is 6. The lowest BCUT2D eigenvalue weighted by molar-refractivity contribution is -0.131. The summed E-state index contributed by atoms with van der Waals surface area (Å²) in [7, 11) is 0. The molecule has 2 unspecified atom stereocenters. The van der Waals surface area contributed by atoms with Crippen LogP contribution in [0.1, 0.15) is 52.9 Å². The van der Waals surface area contributed by atoms with Crippen LogP contribution in [0.5, 0.6) is 0 Å². The summed E-state index contributed by atoms with van der Waals surface area (Å²) in [6, 6.07) is 0.0454. The molecule has 3 nitrogen and oxygen atoms in total. The van der Waals surface area contributed by atoms with Crippen molar-refractivity contribution in [1.29, 1.82) is 0 Å². The molecule has 0 aromatic rings. The highest BCUT2D eigenvalue weighted by atomic mass is 16.2. The van der Waals surface area contributed by atoms with Crippen molar-refractivity contribution < 1.29 is 4.79 Å². The molecule has 2 aliphatic carbocycles. The van der Waals surface area contributed by atoms with E-state index in [0.29, 0.717) is 11.8 Å². The summed E-state index contributed by atoms with van der Waals surface area (Å²) in [5.41, 5.74) is 0. The van der Waals surface area contributed by atoms with E-state index >= 15 is 0 Å². The first-order chi connectivity index (χ1) is 9.11. The molecule has 1 aliphatic heterocycles. The SMILES string of the molecule is CCC1NC(C(C)C)C(=O)N1CC(C1CC1)C1CC1. The van der Waals surface area contributed by atoms with Gasteiger partial charge in [-0.25, -0.2) is 0 Å². The molecule has 3 rings (SSSR count). The largest absolute Gasteiger partial charge is 0.326 e. The molecule has 1 heterocycles. The monoisotopic (exact) mass is 264 g/mol. The van der Waals surface area contributed by atoms with Crippen LogP contribution in [0, 0.1) is 23.7 Å². The zero-order valence-corrected chi connectivity index (χ0v) is 12.6. The first-order valence-corrected chi connectivity index (χ1v) is 8.18. The van der Waals surface area contributed by atoms with Gasteiger partial charge in [0.2, 0.25) is 5.91 Å². The van der Waals surface area contributed by atoms with Gasteiger partial charge in [0.1, 0.15) is 0 Å². The van der Waals surface area contributed by atoms with E-state index in [-0.39, 0.29) is 12.2 Å². The Labute approximate surface area is 117 Å². The minimum atomic E-state index is 0.0454. The lowest BCUT2D eigenvalue weighted by Crippen LogP contribution is -2.41. The summed E-state index contributed by atoms with van der Waals surface area (Å²) < 4.78 is 0. The summed E-state index contributed by atoms with van der Waals surface area (Å²) in [5, 5.41) is 3.54. The summed E-state index contributed by atoms with van der Waals surface area (Å²) >= 11 is 0. The van der Waals surface area contributed by atoms with Crippen molar-refractivity contribution in [3.63, 3.8) is 0 Å². The number of carbonyl (C=O) groups excluding carboxylic acids is 1. The summed E-state index contributed by atoms with van der Waals surface area (Å²) in [4.78, 5) is 14.8. The van der Waals surface area contributed by atoms with Crippen molar-refractivity contribution in [3.8, 4) is 0 Å². The van der Waals surface area contributed by atoms with E-state index in [1.165, 1.54) is 25.7 Å². The minimum absolute atomic E-state index is 0.0454. The van der Waals surface area contributed by atoms with Crippen molar-refractivity contribution in [3.05, 3.63) is 0 Å². The topological polar surface area (TPSA) is 32.3 Å². The third-order valence-electron chi connectivity index (χ3n) is 5.21. The van der Waals surface area contributed by atoms with Gasteiger partial charge in [-0.05, 0) is 55.8 Å². The van der Waals surface area contributed by atoms with Crippen LogP contribution < -0.4 is 5.32 Å². The molecule has 1 amide bonds. The molecule has 3 heteroatoms. The van der Waals surface area contributed by atoms with Crippen LogP contribution in [0.3, 0.4) is 0 Å². The molecule has 19 heavy (non-hydrogen) atoms. The number of amides is 1. The molecule has 1 N–H and O–H groups in total. The first kappa shape index (κ1) is 13.4. The van der Waals surface area contributed by atoms with Gasteiger partial charge in [-0.15, -0.1) is 0 Å². The Bertz CT molecular complexity index is 335. The highest BCUT2D eigenvalue weighted by molar-refractivity contribution is 5.84. The minimum Gasteiger partial charge on any atom is -0.326 e. The van der Waals surface area contributed by atoms with Crippen molar-refractivity contribution in [2.24, 2.45) is 23.7 Å². The maximum atomic E-state index is 12.6. The molecular weight excluding hydrogens is 236 g/mol. The van der Waals surface area contributed by atoms with Gasteiger partial charge in [-0.2, -0.15) is 0 Å². The molecule has 3 fully saturated rings. The van der Waals surface area contributed by atoms with Crippen molar-refractivity contribution >= 4 is 5.91 Å². The lowest BCUT2D eigenvalue weighted by Gasteiger charge is -2.28. The van der Waals surface area contributed by atoms with Crippen LogP contribution in [0.4, 0.5) is 0 Å². The van der Waals surface area contributed by atoms with Crippen LogP contribution in [0.25, 0.3) is 0 Å². The standard InChI is InChI=1S/C16H28N2O/c1-4-14-17-15(10(2)3)16(19)18(14)9-13(11-5-6-11)12-7-8-12/h10-15,17H,4-9H2,1-3H3. The fourth-order valence-corrected chi connectivity index (χ4v) is 3.69. The smallest absolute Gasteiger partial charge is 0.241 e. The average Bonchev–Trinajstić information content (AvgIpc) is 3.24. The zero-order valence-electron chi connectivity index (χ0n) is 12.6. The molecule has 3 aliphatic rings. The highest BCUT2D eigenvalue weighted by Gasteiger charge is 2.46. The van der Waals surface area contributed by atoms with E-state index in [2.05, 4.69) is 31.0 Å². The van der Waals surface area contributed by atoms with Gasteiger partial charge < -0.3 is 4.90 Å². The van der Waals surface area contributed by atoms with Gasteiger partial charge in [-0.3, -0.25) is 10.1 Å². The molecule has 0 spiro atoms. The van der Waals surface area contributed by atoms with E-state index in [1.54, 1.807) is 0 Å². The molecule has 2 atom stereocenters. The van der Waals surface area contributed by atoms with Gasteiger partial charge in [0.05, 0.1) is 12.2 Å². The fraction of sp³-hybridized carbons (Fsp3) is 0.938. The molecule has 108 valence electrons. The van der Waals surface area contributed by atoms with Gasteiger partial charge in [0, 0.05) is 6.54 Å². The number of hydrogen-bond donors (Lipinski definition) is 1. The highest BCUT2D eigenvalue weighted by Crippen LogP contribution is 2.49. The quantitative estimate of drug-likeness (QED) is 0.800. The number of carbonyl (C=O) groups is 1. The van der Waals surface area contributed by atoms with Crippen molar-refractivity contribution in [2.45, 2.75) is 65.1 Å². The molecule has 0 aromatic heterocycles. The zero-order chi connectivity index (χ0) is 13.6. The second kappa shape index (κ2) is 5.08. The maximum absolute atomic E-state index is 12.6. The number of hydrogen-bond acceptors (Lipinski definition) is 2. The van der Waals surface area contributed by atoms with Crippen LogP contribution in [-0.4, -0.2) is 29.6 Å². The molecule has 0 bridgehead atoms. The second-order valence-electron chi connectivity index (χ2n) is 7.14. The van der Waals surface area contributed by atoms with E-state index in [0.717, 1.165) is 30.7 Å². The van der Waals surface area contributed by atoms with Gasteiger partial charge in [0.15, 0.2) is 0 Å². The summed E-state index contributed by atoms with van der Waals surface area (Å²) in [5.74, 6) is 3.40. The number of nitrogens with zero attached hydrogens (tertiary/aromatic N) is 1. The Hall–Kier alpha value is -0.570. The Kier molecular flexibility index (Phi) is 3.59. The van der Waals surface area contributed by atoms with Gasteiger partial charge >= 0.3 is 0 Å². The average molecular weight is 264 g/mol. The summed E-state index contributed by atoms with van der Waals surface area (Å²) in [6.07, 6.45) is 6.92. The molecule has 0 radical (unpaired) electrons. The molecule has 2 saturated carbocycles. The van der Waals surface area contributed by atoms with Crippen molar-refractivity contribution in [1.82, 2.24) is 10.2 Å². The van der Waals surface area contributed by atoms with Gasteiger partial charge in [-0.1, -0.05) is 20.8 Å². The summed E-state index contributed by atoms with van der Waals surface area (Å²) in [6.45, 7) is 7.49. The molecule has 1 saturated heterocycles. The van der Waals surface area contributed by atoms with Crippen LogP contribution in [0.15, 0.2) is 0 Å². The fourth-order valence-electron chi connectivity index (χ4n) is 3.69. The Morgan fingerprint density at radius 2 is 1.79 bits per heavy atom. The van der Waals surface area contributed by atoms with Crippen LogP contribution in [-0.2, 0) is 4.79 Å². The third kappa shape index (κ3) is 2.67. The van der Waals surface area contributed by atoms with E-state index in [4.69, 9.17) is 0 Å². The number of nitrogens with one attached hydrogen (secondary N) is 1. The second-order valence-corrected chi connectivity index (χ2v) is 7.14. The molecule has 0 aromatic carbocycles. The third-order valence-corrected chi connectivity index (χ3v) is 5.21. The predicted molar refractivity (Wildman–Crippen MR) is 76.5 cm³/mol. The predicted octanol–water partition coefficient (Wildman–Crippen LogP) is 2.62. The Morgan fingerprint density at radius 1 is 1.21 bits per heavy atom. The van der Waals surface area contributed by atoms with E-state index < -0.39 is 0 Å². The van der Waals surface area contributed by atoms with Crippen LogP contribution >= 0.6 is 0 Å².